The molecule has 4 bridgehead atoms. The SMILES string of the molecule is O=C(NC12CC3CC(CC(C3)C1)C2)c1ncn[nH]1. The molecular weight excluding hydrogens is 228 g/mol. The van der Waals surface area contributed by atoms with Crippen molar-refractivity contribution in [2.45, 2.75) is 44.1 Å². The van der Waals surface area contributed by atoms with Gasteiger partial charge < -0.3 is 5.32 Å². The van der Waals surface area contributed by atoms with Gasteiger partial charge in [0.25, 0.3) is 5.91 Å². The molecule has 1 aromatic rings. The fraction of sp³-hybridized carbons (Fsp3) is 0.769. The van der Waals surface area contributed by atoms with Crippen LogP contribution in [0.1, 0.15) is 49.1 Å². The number of aromatic nitrogens is 3. The average molecular weight is 246 g/mol. The molecule has 96 valence electrons. The first-order chi connectivity index (χ1) is 8.72. The Morgan fingerprint density at radius 3 is 2.33 bits per heavy atom. The van der Waals surface area contributed by atoms with Crippen molar-refractivity contribution in [3.8, 4) is 0 Å². The van der Waals surface area contributed by atoms with Crippen molar-refractivity contribution >= 4 is 5.91 Å². The van der Waals surface area contributed by atoms with Gasteiger partial charge >= 0.3 is 0 Å². The number of H-pyrrole nitrogens is 1. The molecule has 0 saturated heterocycles. The number of amides is 1. The minimum Gasteiger partial charge on any atom is -0.344 e. The Kier molecular flexibility index (Phi) is 2.08. The van der Waals surface area contributed by atoms with E-state index in [1.54, 1.807) is 0 Å². The van der Waals surface area contributed by atoms with E-state index in [0.717, 1.165) is 17.8 Å². The highest BCUT2D eigenvalue weighted by molar-refractivity contribution is 5.90. The van der Waals surface area contributed by atoms with Crippen LogP contribution in [0.4, 0.5) is 0 Å². The van der Waals surface area contributed by atoms with Crippen molar-refractivity contribution in [2.24, 2.45) is 17.8 Å². The van der Waals surface area contributed by atoms with Gasteiger partial charge in [-0.05, 0) is 56.3 Å². The molecule has 0 unspecified atom stereocenters. The molecule has 5 heteroatoms. The van der Waals surface area contributed by atoms with Crippen molar-refractivity contribution < 1.29 is 4.79 Å². The summed E-state index contributed by atoms with van der Waals surface area (Å²) in [7, 11) is 0. The number of rotatable bonds is 2. The van der Waals surface area contributed by atoms with Crippen LogP contribution in [0.3, 0.4) is 0 Å². The second-order valence-electron chi connectivity index (χ2n) is 6.49. The number of nitrogens with zero attached hydrogens (tertiary/aromatic N) is 2. The first-order valence-corrected chi connectivity index (χ1v) is 6.90. The largest absolute Gasteiger partial charge is 0.344 e. The third-order valence-electron chi connectivity index (χ3n) is 5.05. The fourth-order valence-corrected chi connectivity index (χ4v) is 4.88. The predicted octanol–water partition coefficient (Wildman–Crippen LogP) is 1.50. The summed E-state index contributed by atoms with van der Waals surface area (Å²) in [5.41, 5.74) is 0.0542. The Morgan fingerprint density at radius 2 is 1.83 bits per heavy atom. The molecule has 5 nitrogen and oxygen atoms in total. The topological polar surface area (TPSA) is 70.7 Å². The minimum absolute atomic E-state index is 0.0542. The summed E-state index contributed by atoms with van der Waals surface area (Å²) in [5.74, 6) is 2.77. The Bertz CT molecular complexity index is 432. The van der Waals surface area contributed by atoms with Crippen molar-refractivity contribution in [1.29, 1.82) is 0 Å². The molecular formula is C13H18N4O. The van der Waals surface area contributed by atoms with E-state index in [0.29, 0.717) is 5.82 Å². The third-order valence-corrected chi connectivity index (χ3v) is 5.05. The zero-order valence-electron chi connectivity index (χ0n) is 10.4. The van der Waals surface area contributed by atoms with E-state index >= 15 is 0 Å². The van der Waals surface area contributed by atoms with E-state index in [2.05, 4.69) is 20.5 Å². The van der Waals surface area contributed by atoms with Crippen LogP contribution in [0.25, 0.3) is 0 Å². The molecule has 1 heterocycles. The molecule has 0 radical (unpaired) electrons. The number of aromatic amines is 1. The molecule has 4 saturated carbocycles. The highest BCUT2D eigenvalue weighted by atomic mass is 16.2. The molecule has 1 aromatic heterocycles. The first-order valence-electron chi connectivity index (χ1n) is 6.90. The van der Waals surface area contributed by atoms with Crippen LogP contribution in [-0.2, 0) is 0 Å². The van der Waals surface area contributed by atoms with E-state index in [-0.39, 0.29) is 11.4 Å². The van der Waals surface area contributed by atoms with Crippen LogP contribution in [0, 0.1) is 17.8 Å². The Hall–Kier alpha value is -1.39. The standard InChI is InChI=1S/C13H18N4O/c18-12(11-14-7-15-17-11)16-13-4-8-1-9(5-13)3-10(2-8)6-13/h7-10H,1-6H2,(H,16,18)(H,14,15,17). The van der Waals surface area contributed by atoms with Gasteiger partial charge in [0.1, 0.15) is 6.33 Å². The van der Waals surface area contributed by atoms with Gasteiger partial charge in [0.15, 0.2) is 0 Å². The number of hydrogen-bond acceptors (Lipinski definition) is 3. The molecule has 18 heavy (non-hydrogen) atoms. The van der Waals surface area contributed by atoms with E-state index in [1.807, 2.05) is 0 Å². The van der Waals surface area contributed by atoms with Crippen LogP contribution in [-0.4, -0.2) is 26.6 Å². The van der Waals surface area contributed by atoms with Gasteiger partial charge in [0.2, 0.25) is 5.82 Å². The lowest BCUT2D eigenvalue weighted by atomic mass is 9.53. The highest BCUT2D eigenvalue weighted by Crippen LogP contribution is 2.55. The van der Waals surface area contributed by atoms with E-state index in [9.17, 15) is 4.79 Å². The zero-order valence-corrected chi connectivity index (χ0v) is 10.4. The lowest BCUT2D eigenvalue weighted by Crippen LogP contribution is -2.59. The number of carbonyl (C=O) groups excluding carboxylic acids is 1. The normalized spacial score (nSPS) is 41.0. The van der Waals surface area contributed by atoms with Gasteiger partial charge in [-0.2, -0.15) is 5.10 Å². The maximum Gasteiger partial charge on any atom is 0.289 e. The molecule has 0 atom stereocenters. The molecule has 2 N–H and O–H groups in total. The lowest BCUT2D eigenvalue weighted by Gasteiger charge is -2.56. The second kappa shape index (κ2) is 3.56. The van der Waals surface area contributed by atoms with E-state index in [4.69, 9.17) is 0 Å². The van der Waals surface area contributed by atoms with Crippen LogP contribution in [0.5, 0.6) is 0 Å². The first kappa shape index (κ1) is 10.5. The Balaban J connectivity index is 1.56. The smallest absolute Gasteiger partial charge is 0.289 e. The monoisotopic (exact) mass is 246 g/mol. The molecule has 4 aliphatic rings. The zero-order chi connectivity index (χ0) is 12.2. The van der Waals surface area contributed by atoms with Gasteiger partial charge in [-0.3, -0.25) is 9.89 Å². The van der Waals surface area contributed by atoms with Crippen LogP contribution < -0.4 is 5.32 Å². The molecule has 0 spiro atoms. The molecule has 4 fully saturated rings. The van der Waals surface area contributed by atoms with E-state index in [1.165, 1.54) is 44.9 Å². The van der Waals surface area contributed by atoms with Gasteiger partial charge in [-0.1, -0.05) is 0 Å². The molecule has 4 aliphatic carbocycles. The summed E-state index contributed by atoms with van der Waals surface area (Å²) in [4.78, 5) is 16.1. The Labute approximate surface area is 106 Å². The average Bonchev–Trinajstić information content (AvgIpc) is 2.79. The minimum atomic E-state index is -0.0885. The van der Waals surface area contributed by atoms with Crippen molar-refractivity contribution in [1.82, 2.24) is 20.5 Å². The molecule has 5 rings (SSSR count). The van der Waals surface area contributed by atoms with E-state index < -0.39 is 0 Å². The van der Waals surface area contributed by atoms with Crippen LogP contribution >= 0.6 is 0 Å². The summed E-state index contributed by atoms with van der Waals surface area (Å²) in [6.45, 7) is 0. The maximum absolute atomic E-state index is 12.1. The fourth-order valence-electron chi connectivity index (χ4n) is 4.88. The number of hydrogen-bond donors (Lipinski definition) is 2. The van der Waals surface area contributed by atoms with Gasteiger partial charge in [0, 0.05) is 5.54 Å². The number of carbonyl (C=O) groups is 1. The maximum atomic E-state index is 12.1. The Morgan fingerprint density at radius 1 is 1.22 bits per heavy atom. The quantitative estimate of drug-likeness (QED) is 0.830. The molecule has 1 amide bonds. The van der Waals surface area contributed by atoms with Gasteiger partial charge in [-0.25, -0.2) is 4.98 Å². The third kappa shape index (κ3) is 1.56. The van der Waals surface area contributed by atoms with Gasteiger partial charge in [0.05, 0.1) is 0 Å². The summed E-state index contributed by atoms with van der Waals surface area (Å²) < 4.78 is 0. The van der Waals surface area contributed by atoms with Crippen molar-refractivity contribution in [3.05, 3.63) is 12.2 Å². The summed E-state index contributed by atoms with van der Waals surface area (Å²) >= 11 is 0. The lowest BCUT2D eigenvalue weighted by molar-refractivity contribution is -0.0168. The summed E-state index contributed by atoms with van der Waals surface area (Å²) in [5, 5.41) is 9.64. The van der Waals surface area contributed by atoms with Crippen LogP contribution in [0.15, 0.2) is 6.33 Å². The predicted molar refractivity (Wildman–Crippen MR) is 64.8 cm³/mol. The summed E-state index contributed by atoms with van der Waals surface area (Å²) in [6.07, 6.45) is 9.04. The van der Waals surface area contributed by atoms with Crippen LogP contribution in [0.2, 0.25) is 0 Å². The van der Waals surface area contributed by atoms with Crippen molar-refractivity contribution in [2.75, 3.05) is 0 Å². The molecule has 0 aliphatic heterocycles. The highest BCUT2D eigenvalue weighted by Gasteiger charge is 2.51. The second-order valence-corrected chi connectivity index (χ2v) is 6.49. The van der Waals surface area contributed by atoms with Crippen molar-refractivity contribution in [3.63, 3.8) is 0 Å². The van der Waals surface area contributed by atoms with Gasteiger partial charge in [-0.15, -0.1) is 0 Å². The summed E-state index contributed by atoms with van der Waals surface area (Å²) in [6, 6.07) is 0. The number of nitrogens with one attached hydrogen (secondary N) is 2. The molecule has 0 aromatic carbocycles.